The molecule has 0 aliphatic heterocycles. The number of carbonyl (C=O) groups excluding carboxylic acids is 3. The van der Waals surface area contributed by atoms with Gasteiger partial charge in [0.15, 0.2) is 0 Å². The van der Waals surface area contributed by atoms with Crippen LogP contribution >= 0.6 is 7.60 Å². The molecule has 0 aliphatic rings. The summed E-state index contributed by atoms with van der Waals surface area (Å²) in [5, 5.41) is 5.31. The number of rotatable bonds is 18. The number of alkyl carbamates (subject to hydrolysis) is 2. The summed E-state index contributed by atoms with van der Waals surface area (Å²) in [4.78, 5) is 44.5. The molecule has 13 heteroatoms. The summed E-state index contributed by atoms with van der Waals surface area (Å²) in [5.74, 6) is 0.380. The Kier molecular flexibility index (Phi) is 16.9. The van der Waals surface area contributed by atoms with E-state index >= 15 is 0 Å². The van der Waals surface area contributed by atoms with E-state index in [1.54, 1.807) is 26.0 Å². The Balaban J connectivity index is 2.26. The van der Waals surface area contributed by atoms with Crippen molar-refractivity contribution < 1.29 is 47.3 Å². The summed E-state index contributed by atoms with van der Waals surface area (Å²) < 4.78 is 36.6. The van der Waals surface area contributed by atoms with E-state index in [0.29, 0.717) is 55.6 Å². The Hall–Kier alpha value is -2.82. The number of carbonyl (C=O) groups is 3. The van der Waals surface area contributed by atoms with Crippen LogP contribution in [-0.4, -0.2) is 62.8 Å². The van der Waals surface area contributed by atoms with Gasteiger partial charge in [0.05, 0.1) is 19.8 Å². The van der Waals surface area contributed by atoms with Gasteiger partial charge in [-0.3, -0.25) is 4.57 Å². The molecule has 0 aliphatic carbocycles. The van der Waals surface area contributed by atoms with Gasteiger partial charge in [0.2, 0.25) is 0 Å². The van der Waals surface area contributed by atoms with E-state index in [2.05, 4.69) is 10.6 Å². The number of amides is 2. The van der Waals surface area contributed by atoms with Gasteiger partial charge in [0.25, 0.3) is 0 Å². The van der Waals surface area contributed by atoms with Gasteiger partial charge in [-0.2, -0.15) is 0 Å². The normalized spacial score (nSPS) is 12.2. The Morgan fingerprint density at radius 3 is 2.00 bits per heavy atom. The van der Waals surface area contributed by atoms with Gasteiger partial charge in [-0.25, -0.2) is 14.4 Å². The van der Waals surface area contributed by atoms with Crippen LogP contribution in [0, 0.1) is 13.8 Å². The summed E-state index contributed by atoms with van der Waals surface area (Å²) in [6.45, 7) is 8.35. The first-order valence-corrected chi connectivity index (χ1v) is 15.2. The van der Waals surface area contributed by atoms with E-state index in [-0.39, 0.29) is 26.4 Å². The molecule has 1 rings (SSSR count). The molecule has 1 aromatic carbocycles. The number of hydrogen-bond acceptors (Lipinski definition) is 9. The highest BCUT2D eigenvalue weighted by Crippen LogP contribution is 2.36. The van der Waals surface area contributed by atoms with Crippen LogP contribution in [0.1, 0.15) is 68.6 Å². The number of unbranched alkanes of at least 4 members (excludes halogenated alkanes) is 4. The van der Waals surface area contributed by atoms with E-state index < -0.39 is 25.9 Å². The third-order valence-corrected chi connectivity index (χ3v) is 5.95. The van der Waals surface area contributed by atoms with Crippen LogP contribution in [0.15, 0.2) is 12.1 Å². The molecule has 1 unspecified atom stereocenters. The lowest BCUT2D eigenvalue weighted by atomic mass is 10.1. The molecule has 12 nitrogen and oxygen atoms in total. The predicted octanol–water partition coefficient (Wildman–Crippen LogP) is 5.35. The molecule has 0 heterocycles. The van der Waals surface area contributed by atoms with Gasteiger partial charge in [-0.15, -0.1) is 0 Å². The first kappa shape index (κ1) is 34.2. The van der Waals surface area contributed by atoms with Gasteiger partial charge >= 0.3 is 25.9 Å². The molecule has 39 heavy (non-hydrogen) atoms. The lowest BCUT2D eigenvalue weighted by molar-refractivity contribution is 0.0930. The molecule has 1 atom stereocenters. The van der Waals surface area contributed by atoms with Crippen molar-refractivity contribution in [3.8, 4) is 5.75 Å². The molecular weight excluding hydrogens is 531 g/mol. The van der Waals surface area contributed by atoms with Gasteiger partial charge < -0.3 is 39.0 Å². The number of nitrogens with one attached hydrogen (secondary N) is 2. The molecule has 3 N–H and O–H groups in total. The maximum Gasteiger partial charge on any atom is 0.513 e. The monoisotopic (exact) mass is 574 g/mol. The maximum atomic E-state index is 12.1. The van der Waals surface area contributed by atoms with Crippen LogP contribution in [0.2, 0.25) is 0 Å². The second kappa shape index (κ2) is 19.3. The summed E-state index contributed by atoms with van der Waals surface area (Å²) in [6, 6.07) is 3.53. The summed E-state index contributed by atoms with van der Waals surface area (Å²) in [5.41, 5.74) is 2.12. The molecule has 0 saturated heterocycles. The molecule has 222 valence electrons. The number of aryl methyl sites for hydroxylation is 2. The Morgan fingerprint density at radius 1 is 0.821 bits per heavy atom. The standard InChI is InChI=1S/C26H43N2O10P/c1-5-6-12-27-24(29)34-14-10-11-15-35-26(31)38-23-20(2)17-22(18-21(23)3)19-36-25(30)28-13-8-7-9-16-37-39(4,32)33/h17-18H,5-16,19H2,1-4H3,(H,27,29)(H,28,30)(H,32,33). The van der Waals surface area contributed by atoms with Crippen molar-refractivity contribution in [1.29, 1.82) is 0 Å². The fourth-order valence-electron chi connectivity index (χ4n) is 3.37. The highest BCUT2D eigenvalue weighted by molar-refractivity contribution is 7.51. The van der Waals surface area contributed by atoms with Crippen LogP contribution in [0.5, 0.6) is 5.75 Å². The van der Waals surface area contributed by atoms with E-state index in [1.165, 1.54) is 0 Å². The third-order valence-electron chi connectivity index (χ3n) is 5.29. The molecule has 0 bridgehead atoms. The Morgan fingerprint density at radius 2 is 1.38 bits per heavy atom. The van der Waals surface area contributed by atoms with Gasteiger partial charge in [-0.1, -0.05) is 13.3 Å². The lowest BCUT2D eigenvalue weighted by Crippen LogP contribution is -2.25. The maximum absolute atomic E-state index is 12.1. The quantitative estimate of drug-likeness (QED) is 0.0685. The Bertz CT molecular complexity index is 928. The van der Waals surface area contributed by atoms with Gasteiger partial charge in [-0.05, 0) is 81.2 Å². The van der Waals surface area contributed by atoms with Crippen molar-refractivity contribution in [2.45, 2.75) is 72.3 Å². The second-order valence-corrected chi connectivity index (χ2v) is 10.9. The van der Waals surface area contributed by atoms with Crippen LogP contribution in [0.3, 0.4) is 0 Å². The van der Waals surface area contributed by atoms with Crippen LogP contribution in [-0.2, 0) is 29.9 Å². The SMILES string of the molecule is CCCCNC(=O)OCCCCOC(=O)Oc1c(C)cc(COC(=O)NCCCCCOP(C)(=O)O)cc1C. The third kappa shape index (κ3) is 17.4. The van der Waals surface area contributed by atoms with Crippen molar-refractivity contribution in [1.82, 2.24) is 10.6 Å². The molecular formula is C26H43N2O10P. The van der Waals surface area contributed by atoms with Gasteiger partial charge in [0, 0.05) is 19.8 Å². The zero-order chi connectivity index (χ0) is 29.1. The van der Waals surface area contributed by atoms with Crippen LogP contribution < -0.4 is 15.4 Å². The van der Waals surface area contributed by atoms with Crippen molar-refractivity contribution in [3.63, 3.8) is 0 Å². The highest BCUT2D eigenvalue weighted by Gasteiger charge is 2.14. The average Bonchev–Trinajstić information content (AvgIpc) is 2.86. The minimum absolute atomic E-state index is 0.0487. The van der Waals surface area contributed by atoms with E-state index in [4.69, 9.17) is 28.4 Å². The fourth-order valence-corrected chi connectivity index (χ4v) is 3.84. The van der Waals surface area contributed by atoms with E-state index in [9.17, 15) is 18.9 Å². The minimum Gasteiger partial charge on any atom is -0.450 e. The predicted molar refractivity (Wildman–Crippen MR) is 145 cm³/mol. The fraction of sp³-hybridized carbons (Fsp3) is 0.654. The van der Waals surface area contributed by atoms with Crippen molar-refractivity contribution in [3.05, 3.63) is 28.8 Å². The van der Waals surface area contributed by atoms with Crippen molar-refractivity contribution >= 4 is 25.9 Å². The summed E-state index contributed by atoms with van der Waals surface area (Å²) in [7, 11) is -3.44. The first-order chi connectivity index (χ1) is 18.5. The molecule has 0 spiro atoms. The topological polar surface area (TPSA) is 159 Å². The number of hydrogen-bond donors (Lipinski definition) is 3. The minimum atomic E-state index is -3.44. The molecule has 1 aromatic rings. The number of ether oxygens (including phenoxy) is 4. The first-order valence-electron chi connectivity index (χ1n) is 13.2. The van der Waals surface area contributed by atoms with Crippen molar-refractivity contribution in [2.24, 2.45) is 0 Å². The van der Waals surface area contributed by atoms with Gasteiger partial charge in [0.1, 0.15) is 12.4 Å². The van der Waals surface area contributed by atoms with E-state index in [1.807, 2.05) is 6.92 Å². The molecule has 0 fully saturated rings. The second-order valence-electron chi connectivity index (χ2n) is 9.08. The molecule has 0 aromatic heterocycles. The molecule has 0 saturated carbocycles. The smallest absolute Gasteiger partial charge is 0.450 e. The zero-order valence-corrected chi connectivity index (χ0v) is 24.3. The van der Waals surface area contributed by atoms with E-state index in [0.717, 1.165) is 31.5 Å². The highest BCUT2D eigenvalue weighted by atomic mass is 31.2. The van der Waals surface area contributed by atoms with Crippen LogP contribution in [0.4, 0.5) is 14.4 Å². The average molecular weight is 575 g/mol. The largest absolute Gasteiger partial charge is 0.513 e. The van der Waals surface area contributed by atoms with Crippen LogP contribution in [0.25, 0.3) is 0 Å². The van der Waals surface area contributed by atoms with Crippen molar-refractivity contribution in [2.75, 3.05) is 39.6 Å². The molecule has 2 amide bonds. The molecule has 0 radical (unpaired) electrons. The number of benzene rings is 1. The summed E-state index contributed by atoms with van der Waals surface area (Å²) in [6.07, 6.45) is 3.17. The zero-order valence-electron chi connectivity index (χ0n) is 23.4. The Labute approximate surface area is 230 Å². The summed E-state index contributed by atoms with van der Waals surface area (Å²) >= 11 is 0. The lowest BCUT2D eigenvalue weighted by Gasteiger charge is -2.13.